The predicted octanol–water partition coefficient (Wildman–Crippen LogP) is 12.6. The molecule has 2 heteroatoms. The van der Waals surface area contributed by atoms with E-state index in [1.807, 2.05) is 12.1 Å². The molecular weight excluding hydrogens is 593 g/mol. The third-order valence-electron chi connectivity index (χ3n) is 10.2. The molecular formula is C47H28N2. The van der Waals surface area contributed by atoms with Crippen molar-refractivity contribution in [1.82, 2.24) is 4.57 Å². The first-order chi connectivity index (χ1) is 24.3. The Kier molecular flexibility index (Phi) is 5.97. The summed E-state index contributed by atoms with van der Waals surface area (Å²) in [6.07, 6.45) is 0. The van der Waals surface area contributed by atoms with Crippen molar-refractivity contribution in [2.24, 2.45) is 0 Å². The van der Waals surface area contributed by atoms with Gasteiger partial charge in [0.05, 0.1) is 22.7 Å². The van der Waals surface area contributed by atoms with Gasteiger partial charge in [-0.2, -0.15) is 5.26 Å². The van der Waals surface area contributed by atoms with E-state index in [0.29, 0.717) is 5.56 Å². The molecule has 2 nitrogen and oxygen atoms in total. The molecule has 0 N–H and O–H groups in total. The molecule has 0 atom stereocenters. The standard InChI is InChI=1S/C47H28N2/c48-29-33-21-27-44-46-38(33)23-25-43-37(26-28-45(47(43)46)49(44)34-11-2-1-3-12-34)32-19-17-31(18-20-32)36-22-24-42(41-15-7-6-14-39(36)41)40-16-8-10-30-9-4-5-13-35(30)40/h1-28H. The maximum absolute atomic E-state index is 9.97. The van der Waals surface area contributed by atoms with Crippen LogP contribution in [-0.4, -0.2) is 4.57 Å². The van der Waals surface area contributed by atoms with Gasteiger partial charge in [-0.15, -0.1) is 0 Å². The molecule has 0 fully saturated rings. The zero-order valence-corrected chi connectivity index (χ0v) is 26.6. The second-order valence-electron chi connectivity index (χ2n) is 12.8. The van der Waals surface area contributed by atoms with E-state index in [9.17, 15) is 5.26 Å². The summed E-state index contributed by atoms with van der Waals surface area (Å²) in [6, 6.07) is 63.3. The van der Waals surface area contributed by atoms with E-state index in [2.05, 4.69) is 168 Å². The quantitative estimate of drug-likeness (QED) is 0.180. The number of nitrogens with zero attached hydrogens (tertiary/aromatic N) is 2. The fourth-order valence-corrected chi connectivity index (χ4v) is 8.04. The lowest BCUT2D eigenvalue weighted by Gasteiger charge is -2.14. The Hall–Kier alpha value is -6.69. The minimum Gasteiger partial charge on any atom is -0.309 e. The Morgan fingerprint density at radius 2 is 0.898 bits per heavy atom. The molecule has 0 aliphatic heterocycles. The van der Waals surface area contributed by atoms with Crippen LogP contribution >= 0.6 is 0 Å². The number of benzene rings is 9. The van der Waals surface area contributed by atoms with E-state index in [0.717, 1.165) is 27.5 Å². The second-order valence-corrected chi connectivity index (χ2v) is 12.8. The van der Waals surface area contributed by atoms with Crippen LogP contribution in [0.4, 0.5) is 0 Å². The van der Waals surface area contributed by atoms with E-state index < -0.39 is 0 Å². The average Bonchev–Trinajstić information content (AvgIpc) is 3.52. The number of hydrogen-bond donors (Lipinski definition) is 0. The Bertz CT molecular complexity index is 2920. The molecule has 10 rings (SSSR count). The molecule has 0 unspecified atom stereocenters. The smallest absolute Gasteiger partial charge is 0.0998 e. The van der Waals surface area contributed by atoms with Gasteiger partial charge in [-0.25, -0.2) is 0 Å². The van der Waals surface area contributed by atoms with Gasteiger partial charge in [0.15, 0.2) is 0 Å². The lowest BCUT2D eigenvalue weighted by atomic mass is 9.89. The third kappa shape index (κ3) is 4.07. The van der Waals surface area contributed by atoms with Crippen molar-refractivity contribution in [2.45, 2.75) is 0 Å². The molecule has 0 saturated heterocycles. The maximum Gasteiger partial charge on any atom is 0.0998 e. The Balaban J connectivity index is 1.12. The molecule has 0 amide bonds. The molecule has 226 valence electrons. The van der Waals surface area contributed by atoms with Crippen LogP contribution in [0.1, 0.15) is 5.56 Å². The lowest BCUT2D eigenvalue weighted by Crippen LogP contribution is -1.93. The van der Waals surface area contributed by atoms with E-state index in [1.165, 1.54) is 65.7 Å². The van der Waals surface area contributed by atoms with Gasteiger partial charge < -0.3 is 4.57 Å². The molecule has 1 heterocycles. The average molecular weight is 621 g/mol. The second kappa shape index (κ2) is 10.7. The van der Waals surface area contributed by atoms with Crippen molar-refractivity contribution in [2.75, 3.05) is 0 Å². The van der Waals surface area contributed by atoms with Crippen LogP contribution in [0.25, 0.3) is 93.2 Å². The number of rotatable bonds is 4. The Morgan fingerprint density at radius 1 is 0.367 bits per heavy atom. The van der Waals surface area contributed by atoms with E-state index in [1.54, 1.807) is 0 Å². The van der Waals surface area contributed by atoms with Gasteiger partial charge >= 0.3 is 0 Å². The van der Waals surface area contributed by atoms with Crippen molar-refractivity contribution in [3.8, 4) is 45.1 Å². The van der Waals surface area contributed by atoms with Crippen molar-refractivity contribution in [3.05, 3.63) is 175 Å². The van der Waals surface area contributed by atoms with Gasteiger partial charge in [-0.05, 0) is 90.6 Å². The SMILES string of the molecule is N#Cc1ccc2c3c1ccc1c(-c4ccc(-c5ccc(-c6cccc7ccccc67)c6ccccc56)cc4)ccc(c13)n2-c1ccccc1. The molecule has 10 aromatic rings. The first kappa shape index (κ1) is 27.4. The predicted molar refractivity (Wildman–Crippen MR) is 206 cm³/mol. The van der Waals surface area contributed by atoms with Crippen molar-refractivity contribution in [1.29, 1.82) is 5.26 Å². The van der Waals surface area contributed by atoms with Crippen LogP contribution in [0.2, 0.25) is 0 Å². The summed E-state index contributed by atoms with van der Waals surface area (Å²) in [4.78, 5) is 0. The van der Waals surface area contributed by atoms with Gasteiger partial charge in [0, 0.05) is 21.8 Å². The zero-order chi connectivity index (χ0) is 32.5. The molecule has 9 aromatic carbocycles. The molecule has 1 aromatic heterocycles. The van der Waals surface area contributed by atoms with Gasteiger partial charge in [-0.1, -0.05) is 140 Å². The molecule has 0 bridgehead atoms. The summed E-state index contributed by atoms with van der Waals surface area (Å²) in [6.45, 7) is 0. The number of nitriles is 1. The summed E-state index contributed by atoms with van der Waals surface area (Å²) in [5.74, 6) is 0. The summed E-state index contributed by atoms with van der Waals surface area (Å²) >= 11 is 0. The van der Waals surface area contributed by atoms with Crippen LogP contribution in [0, 0.1) is 11.3 Å². The first-order valence-corrected chi connectivity index (χ1v) is 16.7. The summed E-state index contributed by atoms with van der Waals surface area (Å²) in [5, 5.41) is 19.5. The summed E-state index contributed by atoms with van der Waals surface area (Å²) in [5.41, 5.74) is 11.4. The number of aromatic nitrogens is 1. The van der Waals surface area contributed by atoms with Gasteiger partial charge in [-0.3, -0.25) is 0 Å². The maximum atomic E-state index is 9.97. The van der Waals surface area contributed by atoms with Crippen molar-refractivity contribution < 1.29 is 0 Å². The van der Waals surface area contributed by atoms with Crippen LogP contribution in [-0.2, 0) is 0 Å². The van der Waals surface area contributed by atoms with Crippen molar-refractivity contribution in [3.63, 3.8) is 0 Å². The molecule has 0 radical (unpaired) electrons. The third-order valence-corrected chi connectivity index (χ3v) is 10.2. The lowest BCUT2D eigenvalue weighted by molar-refractivity contribution is 1.18. The van der Waals surface area contributed by atoms with Crippen LogP contribution in [0.5, 0.6) is 0 Å². The number of para-hydroxylation sites is 1. The van der Waals surface area contributed by atoms with Gasteiger partial charge in [0.25, 0.3) is 0 Å². The molecule has 0 aliphatic rings. The Labute approximate surface area is 283 Å². The van der Waals surface area contributed by atoms with E-state index >= 15 is 0 Å². The highest BCUT2D eigenvalue weighted by atomic mass is 15.0. The minimum atomic E-state index is 0.704. The molecule has 0 spiro atoms. The molecule has 0 saturated carbocycles. The highest BCUT2D eigenvalue weighted by Crippen LogP contribution is 2.44. The summed E-state index contributed by atoms with van der Waals surface area (Å²) < 4.78 is 2.33. The fourth-order valence-electron chi connectivity index (χ4n) is 8.04. The largest absolute Gasteiger partial charge is 0.309 e. The monoisotopic (exact) mass is 620 g/mol. The number of fused-ring (bicyclic) bond motifs is 2. The molecule has 49 heavy (non-hydrogen) atoms. The van der Waals surface area contributed by atoms with Crippen LogP contribution in [0.3, 0.4) is 0 Å². The molecule has 0 aliphatic carbocycles. The minimum absolute atomic E-state index is 0.704. The Morgan fingerprint density at radius 3 is 1.65 bits per heavy atom. The van der Waals surface area contributed by atoms with Crippen LogP contribution < -0.4 is 0 Å². The number of hydrogen-bond acceptors (Lipinski definition) is 1. The highest BCUT2D eigenvalue weighted by molar-refractivity contribution is 6.27. The van der Waals surface area contributed by atoms with Gasteiger partial charge in [0.2, 0.25) is 0 Å². The van der Waals surface area contributed by atoms with E-state index in [-0.39, 0.29) is 0 Å². The van der Waals surface area contributed by atoms with Crippen molar-refractivity contribution >= 4 is 54.1 Å². The first-order valence-electron chi connectivity index (χ1n) is 16.7. The fraction of sp³-hybridized carbons (Fsp3) is 0. The normalized spacial score (nSPS) is 11.7. The summed E-state index contributed by atoms with van der Waals surface area (Å²) in [7, 11) is 0. The topological polar surface area (TPSA) is 28.7 Å². The van der Waals surface area contributed by atoms with Crippen LogP contribution in [0.15, 0.2) is 170 Å². The zero-order valence-electron chi connectivity index (χ0n) is 26.6. The highest BCUT2D eigenvalue weighted by Gasteiger charge is 2.20. The van der Waals surface area contributed by atoms with Gasteiger partial charge in [0.1, 0.15) is 0 Å². The van der Waals surface area contributed by atoms with E-state index in [4.69, 9.17) is 0 Å².